The van der Waals surface area contributed by atoms with Gasteiger partial charge in [-0.3, -0.25) is 14.7 Å². The average molecular weight is 627 g/mol. The molecule has 14 nitrogen and oxygen atoms in total. The SMILES string of the molecule is CCCc1nc2ccccc2c(NC(=O)CN2CCN(c3ccccc3OC)CC2)c1CC.O=C(O)C(=O)O.O=C(O)C(=O)O. The summed E-state index contributed by atoms with van der Waals surface area (Å²) in [5, 5.41) is 33.8. The predicted octanol–water partition coefficient (Wildman–Crippen LogP) is 2.83. The number of methoxy groups -OCH3 is 1. The molecule has 2 aromatic carbocycles. The number of aliphatic carboxylic acids is 4. The van der Waals surface area contributed by atoms with Crippen LogP contribution in [0, 0.1) is 0 Å². The zero-order valence-electron chi connectivity index (χ0n) is 25.4. The number of carbonyl (C=O) groups excluding carboxylic acids is 1. The van der Waals surface area contributed by atoms with Gasteiger partial charge in [-0.05, 0) is 36.6 Å². The van der Waals surface area contributed by atoms with Crippen LogP contribution in [0.25, 0.3) is 10.9 Å². The fourth-order valence-corrected chi connectivity index (χ4v) is 4.69. The number of fused-ring (bicyclic) bond motifs is 1. The molecule has 3 aromatic rings. The lowest BCUT2D eigenvalue weighted by molar-refractivity contribution is -0.159. The molecule has 2 heterocycles. The van der Waals surface area contributed by atoms with E-state index in [1.165, 1.54) is 0 Å². The predicted molar refractivity (Wildman–Crippen MR) is 166 cm³/mol. The van der Waals surface area contributed by atoms with E-state index < -0.39 is 23.9 Å². The Hall–Kier alpha value is -5.24. The van der Waals surface area contributed by atoms with Crippen LogP contribution in [0.5, 0.6) is 5.75 Å². The van der Waals surface area contributed by atoms with E-state index in [0.29, 0.717) is 6.54 Å². The number of anilines is 2. The zero-order chi connectivity index (χ0) is 33.5. The van der Waals surface area contributed by atoms with Gasteiger partial charge in [-0.1, -0.05) is 50.6 Å². The monoisotopic (exact) mass is 626 g/mol. The molecule has 0 radical (unpaired) electrons. The molecular weight excluding hydrogens is 588 g/mol. The van der Waals surface area contributed by atoms with E-state index >= 15 is 0 Å². The minimum absolute atomic E-state index is 0.0363. The average Bonchev–Trinajstić information content (AvgIpc) is 3.02. The number of amides is 1. The summed E-state index contributed by atoms with van der Waals surface area (Å²) in [6.07, 6.45) is 2.80. The molecular formula is C31H38N4O10. The smallest absolute Gasteiger partial charge is 0.414 e. The van der Waals surface area contributed by atoms with Gasteiger partial charge in [0.05, 0.1) is 30.5 Å². The highest BCUT2D eigenvalue weighted by Gasteiger charge is 2.22. The number of benzene rings is 2. The normalized spacial score (nSPS) is 12.6. The Labute approximate surface area is 259 Å². The first-order valence-corrected chi connectivity index (χ1v) is 14.2. The first kappa shape index (κ1) is 36.0. The van der Waals surface area contributed by atoms with E-state index in [-0.39, 0.29) is 5.91 Å². The second kappa shape index (κ2) is 17.8. The number of rotatable bonds is 8. The second-order valence-corrected chi connectivity index (χ2v) is 9.74. The molecule has 1 amide bonds. The van der Waals surface area contributed by atoms with E-state index in [1.54, 1.807) is 7.11 Å². The molecule has 0 unspecified atom stereocenters. The van der Waals surface area contributed by atoms with Crippen molar-refractivity contribution < 1.29 is 49.1 Å². The van der Waals surface area contributed by atoms with Crippen molar-refractivity contribution in [2.24, 2.45) is 0 Å². The molecule has 4 rings (SSSR count). The third-order valence-electron chi connectivity index (χ3n) is 6.71. The molecule has 14 heteroatoms. The van der Waals surface area contributed by atoms with Crippen LogP contribution in [-0.4, -0.2) is 99.9 Å². The molecule has 0 bridgehead atoms. The number of piperazine rings is 1. The van der Waals surface area contributed by atoms with Crippen molar-refractivity contribution in [3.05, 3.63) is 59.8 Å². The van der Waals surface area contributed by atoms with Crippen LogP contribution in [-0.2, 0) is 36.8 Å². The van der Waals surface area contributed by atoms with E-state index in [1.807, 2.05) is 36.4 Å². The highest BCUT2D eigenvalue weighted by Crippen LogP contribution is 2.31. The van der Waals surface area contributed by atoms with Gasteiger partial charge in [-0.2, -0.15) is 0 Å². The Morgan fingerprint density at radius 2 is 1.38 bits per heavy atom. The molecule has 5 N–H and O–H groups in total. The molecule has 1 saturated heterocycles. The minimum Gasteiger partial charge on any atom is -0.495 e. The summed E-state index contributed by atoms with van der Waals surface area (Å²) in [5.74, 6) is -6.37. The van der Waals surface area contributed by atoms with Gasteiger partial charge in [-0.25, -0.2) is 19.2 Å². The van der Waals surface area contributed by atoms with Crippen LogP contribution in [0.2, 0.25) is 0 Å². The molecule has 0 saturated carbocycles. The molecule has 1 aliphatic heterocycles. The largest absolute Gasteiger partial charge is 0.495 e. The summed E-state index contributed by atoms with van der Waals surface area (Å²) in [4.78, 5) is 59.0. The summed E-state index contributed by atoms with van der Waals surface area (Å²) in [6, 6.07) is 16.2. The summed E-state index contributed by atoms with van der Waals surface area (Å²) in [6.45, 7) is 8.10. The molecule has 0 atom stereocenters. The maximum atomic E-state index is 13.1. The first-order chi connectivity index (χ1) is 21.4. The van der Waals surface area contributed by atoms with Gasteiger partial charge in [0.25, 0.3) is 0 Å². The fourth-order valence-electron chi connectivity index (χ4n) is 4.69. The number of hydrogen-bond acceptors (Lipinski definition) is 9. The summed E-state index contributed by atoms with van der Waals surface area (Å²) >= 11 is 0. The number of nitrogens with zero attached hydrogens (tertiary/aromatic N) is 3. The topological polar surface area (TPSA) is 207 Å². The number of hydrogen-bond donors (Lipinski definition) is 5. The van der Waals surface area contributed by atoms with Crippen LogP contribution < -0.4 is 15.0 Å². The first-order valence-electron chi connectivity index (χ1n) is 14.2. The van der Waals surface area contributed by atoms with Crippen molar-refractivity contribution in [2.45, 2.75) is 33.1 Å². The Morgan fingerprint density at radius 3 is 1.91 bits per heavy atom. The molecule has 1 aliphatic rings. The van der Waals surface area contributed by atoms with E-state index in [2.05, 4.69) is 41.1 Å². The number of aromatic nitrogens is 1. The van der Waals surface area contributed by atoms with Crippen LogP contribution in [0.15, 0.2) is 48.5 Å². The summed E-state index contributed by atoms with van der Waals surface area (Å²) < 4.78 is 5.52. The van der Waals surface area contributed by atoms with E-state index in [4.69, 9.17) is 49.3 Å². The lowest BCUT2D eigenvalue weighted by Crippen LogP contribution is -2.48. The third-order valence-corrected chi connectivity index (χ3v) is 6.71. The van der Waals surface area contributed by atoms with Crippen LogP contribution in [0.4, 0.5) is 11.4 Å². The zero-order valence-corrected chi connectivity index (χ0v) is 25.4. The molecule has 45 heavy (non-hydrogen) atoms. The van der Waals surface area contributed by atoms with Gasteiger partial charge in [0.15, 0.2) is 0 Å². The Bertz CT molecular complexity index is 1450. The third kappa shape index (κ3) is 10.8. The second-order valence-electron chi connectivity index (χ2n) is 9.74. The number of nitrogens with one attached hydrogen (secondary N) is 1. The Kier molecular flexibility index (Phi) is 14.2. The highest BCUT2D eigenvalue weighted by atomic mass is 16.5. The molecule has 242 valence electrons. The van der Waals surface area contributed by atoms with E-state index in [0.717, 1.165) is 84.7 Å². The van der Waals surface area contributed by atoms with Crippen LogP contribution in [0.3, 0.4) is 0 Å². The fraction of sp³-hybridized carbons (Fsp3) is 0.355. The van der Waals surface area contributed by atoms with E-state index in [9.17, 15) is 4.79 Å². The van der Waals surface area contributed by atoms with Crippen molar-refractivity contribution in [2.75, 3.05) is 50.1 Å². The number of aryl methyl sites for hydroxylation is 1. The number of pyridine rings is 1. The lowest BCUT2D eigenvalue weighted by Gasteiger charge is -2.36. The van der Waals surface area contributed by atoms with Crippen LogP contribution >= 0.6 is 0 Å². The minimum atomic E-state index is -1.82. The van der Waals surface area contributed by atoms with Gasteiger partial charge < -0.3 is 35.4 Å². The van der Waals surface area contributed by atoms with Gasteiger partial charge >= 0.3 is 23.9 Å². The van der Waals surface area contributed by atoms with Gasteiger partial charge in [0, 0.05) is 37.3 Å². The van der Waals surface area contributed by atoms with Crippen LogP contribution in [0.1, 0.15) is 31.5 Å². The molecule has 0 spiro atoms. The number of ether oxygens (including phenoxy) is 1. The van der Waals surface area contributed by atoms with Crippen molar-refractivity contribution >= 4 is 52.1 Å². The van der Waals surface area contributed by atoms with Gasteiger partial charge in [0.2, 0.25) is 5.91 Å². The Balaban J connectivity index is 0.000000499. The maximum absolute atomic E-state index is 13.1. The summed E-state index contributed by atoms with van der Waals surface area (Å²) in [5.41, 5.74) is 5.25. The highest BCUT2D eigenvalue weighted by molar-refractivity contribution is 6.27. The molecule has 1 fully saturated rings. The lowest BCUT2D eigenvalue weighted by atomic mass is 10.0. The van der Waals surface area contributed by atoms with Gasteiger partial charge in [-0.15, -0.1) is 0 Å². The number of carboxylic acid groups (broad SMARTS) is 4. The Morgan fingerprint density at radius 1 is 0.822 bits per heavy atom. The van der Waals surface area contributed by atoms with Crippen molar-refractivity contribution in [1.29, 1.82) is 0 Å². The number of carbonyl (C=O) groups is 5. The summed E-state index contributed by atoms with van der Waals surface area (Å²) in [7, 11) is 1.71. The van der Waals surface area contributed by atoms with Gasteiger partial charge in [0.1, 0.15) is 5.75 Å². The van der Waals surface area contributed by atoms with Crippen molar-refractivity contribution in [1.82, 2.24) is 9.88 Å². The van der Waals surface area contributed by atoms with Crippen molar-refractivity contribution in [3.8, 4) is 5.75 Å². The standard InChI is InChI=1S/C27H34N4O2.2C2H2O4/c1-4-10-22-20(5-2)27(21-11-6-7-12-23(21)28-22)29-26(32)19-30-15-17-31(18-16-30)24-13-8-9-14-25(24)33-3;2*3-1(4)2(5)6/h6-9,11-14H,4-5,10,15-19H2,1-3H3,(H,28,29,32);2*(H,3,4)(H,5,6). The molecule has 1 aromatic heterocycles. The number of carboxylic acids is 4. The molecule has 0 aliphatic carbocycles. The number of para-hydroxylation sites is 3. The quantitative estimate of drug-likeness (QED) is 0.228. The van der Waals surface area contributed by atoms with Crippen molar-refractivity contribution in [3.63, 3.8) is 0 Å². The maximum Gasteiger partial charge on any atom is 0.414 e.